The molecule has 6 nitrogen and oxygen atoms in total. The molecule has 1 atom stereocenters. The second-order valence-electron chi connectivity index (χ2n) is 3.17. The van der Waals surface area contributed by atoms with E-state index in [1.54, 1.807) is 7.11 Å². The largest absolute Gasteiger partial charge is 0.374 e. The van der Waals surface area contributed by atoms with Crippen molar-refractivity contribution in [3.8, 4) is 11.6 Å². The van der Waals surface area contributed by atoms with Crippen LogP contribution in [0.3, 0.4) is 0 Å². The minimum Gasteiger partial charge on any atom is -0.374 e. The van der Waals surface area contributed by atoms with Crippen molar-refractivity contribution < 1.29 is 9.26 Å². The molecule has 2 N–H and O–H groups in total. The smallest absolute Gasteiger partial charge is 0.277 e. The quantitative estimate of drug-likeness (QED) is 0.868. The van der Waals surface area contributed by atoms with E-state index in [-0.39, 0.29) is 6.10 Å². The first-order chi connectivity index (χ1) is 7.74. The third-order valence-corrected chi connectivity index (χ3v) is 2.98. The topological polar surface area (TPSA) is 87.1 Å². The predicted molar refractivity (Wildman–Crippen MR) is 58.7 cm³/mol. The Morgan fingerprint density at radius 1 is 1.56 bits per heavy atom. The molecule has 0 aliphatic heterocycles. The number of methoxy groups -OCH3 is 1. The lowest BCUT2D eigenvalue weighted by Gasteiger charge is -2.00. The highest BCUT2D eigenvalue weighted by atomic mass is 32.1. The lowest BCUT2D eigenvalue weighted by molar-refractivity contribution is 0.109. The van der Waals surface area contributed by atoms with E-state index >= 15 is 0 Å². The van der Waals surface area contributed by atoms with Gasteiger partial charge in [0.25, 0.3) is 5.89 Å². The summed E-state index contributed by atoms with van der Waals surface area (Å²) >= 11 is 1.47. The molecule has 0 spiro atoms. The first-order valence-corrected chi connectivity index (χ1v) is 5.63. The van der Waals surface area contributed by atoms with Crippen LogP contribution in [0, 0.1) is 0 Å². The summed E-state index contributed by atoms with van der Waals surface area (Å²) in [6.45, 7) is 2.27. The molecule has 2 aromatic rings. The Bertz CT molecular complexity index is 468. The molecule has 0 fully saturated rings. The number of aromatic nitrogens is 3. The van der Waals surface area contributed by atoms with Crippen molar-refractivity contribution in [2.75, 3.05) is 7.11 Å². The number of hydrogen-bond donors (Lipinski definition) is 1. The number of nitrogens with zero attached hydrogens (tertiary/aromatic N) is 3. The maximum Gasteiger partial charge on any atom is 0.277 e. The summed E-state index contributed by atoms with van der Waals surface area (Å²) in [5.41, 5.74) is 6.14. The van der Waals surface area contributed by atoms with Crippen molar-refractivity contribution in [3.63, 3.8) is 0 Å². The van der Waals surface area contributed by atoms with Crippen LogP contribution in [0.2, 0.25) is 0 Å². The molecule has 2 rings (SSSR count). The summed E-state index contributed by atoms with van der Waals surface area (Å²) in [6, 6.07) is 0. The van der Waals surface area contributed by atoms with Gasteiger partial charge in [0.15, 0.2) is 0 Å². The maximum absolute atomic E-state index is 5.48. The SMILES string of the molecule is COC(C)c1noc(-c2csc(CN)n2)n1. The summed E-state index contributed by atoms with van der Waals surface area (Å²) < 4.78 is 10.2. The molecular weight excluding hydrogens is 228 g/mol. The van der Waals surface area contributed by atoms with Gasteiger partial charge in [-0.3, -0.25) is 0 Å². The zero-order valence-electron chi connectivity index (χ0n) is 9.01. The monoisotopic (exact) mass is 240 g/mol. The molecule has 0 aliphatic carbocycles. The second kappa shape index (κ2) is 4.69. The number of nitrogens with two attached hydrogens (primary N) is 1. The van der Waals surface area contributed by atoms with Gasteiger partial charge in [0, 0.05) is 19.0 Å². The highest BCUT2D eigenvalue weighted by molar-refractivity contribution is 7.09. The molecule has 0 aromatic carbocycles. The van der Waals surface area contributed by atoms with Crippen LogP contribution >= 0.6 is 11.3 Å². The third-order valence-electron chi connectivity index (χ3n) is 2.10. The van der Waals surface area contributed by atoms with Crippen molar-refractivity contribution in [2.45, 2.75) is 19.6 Å². The molecule has 86 valence electrons. The zero-order chi connectivity index (χ0) is 11.5. The summed E-state index contributed by atoms with van der Waals surface area (Å²) in [7, 11) is 1.59. The minimum absolute atomic E-state index is 0.190. The Balaban J connectivity index is 2.24. The van der Waals surface area contributed by atoms with Gasteiger partial charge in [-0.2, -0.15) is 4.98 Å². The Kier molecular flexibility index (Phi) is 3.28. The predicted octanol–water partition coefficient (Wildman–Crippen LogP) is 1.36. The van der Waals surface area contributed by atoms with Gasteiger partial charge in [-0.25, -0.2) is 4.98 Å². The highest BCUT2D eigenvalue weighted by Gasteiger charge is 2.15. The van der Waals surface area contributed by atoms with Crippen molar-refractivity contribution in [3.05, 3.63) is 16.2 Å². The fraction of sp³-hybridized carbons (Fsp3) is 0.444. The average Bonchev–Trinajstić information content (AvgIpc) is 2.95. The van der Waals surface area contributed by atoms with Gasteiger partial charge >= 0.3 is 0 Å². The van der Waals surface area contributed by atoms with Crippen LogP contribution in [-0.4, -0.2) is 22.2 Å². The van der Waals surface area contributed by atoms with Crippen LogP contribution in [0.1, 0.15) is 23.9 Å². The Morgan fingerprint density at radius 2 is 2.38 bits per heavy atom. The van der Waals surface area contributed by atoms with E-state index < -0.39 is 0 Å². The van der Waals surface area contributed by atoms with Gasteiger partial charge in [-0.1, -0.05) is 5.16 Å². The molecule has 16 heavy (non-hydrogen) atoms. The number of thiazole rings is 1. The molecular formula is C9H12N4O2S. The van der Waals surface area contributed by atoms with E-state index in [9.17, 15) is 0 Å². The third kappa shape index (κ3) is 2.11. The van der Waals surface area contributed by atoms with E-state index in [1.807, 2.05) is 12.3 Å². The first-order valence-electron chi connectivity index (χ1n) is 4.76. The van der Waals surface area contributed by atoms with Gasteiger partial charge < -0.3 is 15.0 Å². The summed E-state index contributed by atoms with van der Waals surface area (Å²) in [5, 5.41) is 6.51. The van der Waals surface area contributed by atoms with Crippen LogP contribution in [0.15, 0.2) is 9.90 Å². The van der Waals surface area contributed by atoms with Crippen LogP contribution in [0.5, 0.6) is 0 Å². The van der Waals surface area contributed by atoms with Gasteiger partial charge in [0.2, 0.25) is 5.82 Å². The highest BCUT2D eigenvalue weighted by Crippen LogP contribution is 2.22. The Labute approximate surface area is 96.4 Å². The normalized spacial score (nSPS) is 12.9. The summed E-state index contributed by atoms with van der Waals surface area (Å²) in [5.74, 6) is 0.912. The van der Waals surface area contributed by atoms with E-state index in [0.29, 0.717) is 24.0 Å². The van der Waals surface area contributed by atoms with Gasteiger partial charge in [0.1, 0.15) is 16.8 Å². The number of ether oxygens (including phenoxy) is 1. The van der Waals surface area contributed by atoms with E-state index in [1.165, 1.54) is 11.3 Å². The van der Waals surface area contributed by atoms with Crippen molar-refractivity contribution in [1.29, 1.82) is 0 Å². The molecule has 7 heteroatoms. The zero-order valence-corrected chi connectivity index (χ0v) is 9.82. The van der Waals surface area contributed by atoms with Crippen molar-refractivity contribution in [2.24, 2.45) is 5.73 Å². The van der Waals surface area contributed by atoms with E-state index in [2.05, 4.69) is 15.1 Å². The van der Waals surface area contributed by atoms with E-state index in [0.717, 1.165) is 5.01 Å². The van der Waals surface area contributed by atoms with Crippen LogP contribution in [-0.2, 0) is 11.3 Å². The second-order valence-corrected chi connectivity index (χ2v) is 4.11. The standard InChI is InChI=1S/C9H12N4O2S/c1-5(14-2)8-12-9(15-13-8)6-4-16-7(3-10)11-6/h4-5H,3,10H2,1-2H3. The molecule has 0 saturated heterocycles. The fourth-order valence-corrected chi connectivity index (χ4v) is 1.76. The Morgan fingerprint density at radius 3 is 3.00 bits per heavy atom. The summed E-state index contributed by atoms with van der Waals surface area (Å²) in [6.07, 6.45) is -0.190. The molecule has 0 bridgehead atoms. The van der Waals surface area contributed by atoms with E-state index in [4.69, 9.17) is 15.0 Å². The van der Waals surface area contributed by atoms with Crippen LogP contribution < -0.4 is 5.73 Å². The molecule has 2 aromatic heterocycles. The van der Waals surface area contributed by atoms with Gasteiger partial charge in [0.05, 0.1) is 0 Å². The van der Waals surface area contributed by atoms with Crippen LogP contribution in [0.25, 0.3) is 11.6 Å². The molecule has 2 heterocycles. The first kappa shape index (κ1) is 11.2. The minimum atomic E-state index is -0.190. The lowest BCUT2D eigenvalue weighted by Crippen LogP contribution is -1.98. The van der Waals surface area contributed by atoms with Crippen molar-refractivity contribution in [1.82, 2.24) is 15.1 Å². The lowest BCUT2D eigenvalue weighted by atomic mass is 10.4. The average molecular weight is 240 g/mol. The molecule has 1 unspecified atom stereocenters. The molecule has 0 amide bonds. The molecule has 0 saturated carbocycles. The van der Waals surface area contributed by atoms with Crippen LogP contribution in [0.4, 0.5) is 0 Å². The molecule has 0 aliphatic rings. The molecule has 0 radical (unpaired) electrons. The summed E-state index contributed by atoms with van der Waals surface area (Å²) in [4.78, 5) is 8.45. The maximum atomic E-state index is 5.48. The number of hydrogen-bond acceptors (Lipinski definition) is 7. The number of rotatable bonds is 4. The van der Waals surface area contributed by atoms with Gasteiger partial charge in [-0.15, -0.1) is 11.3 Å². The fourth-order valence-electron chi connectivity index (χ4n) is 1.11. The van der Waals surface area contributed by atoms with Gasteiger partial charge in [-0.05, 0) is 6.92 Å². The van der Waals surface area contributed by atoms with Crippen molar-refractivity contribution >= 4 is 11.3 Å². The Hall–Kier alpha value is -1.31.